The Morgan fingerprint density at radius 2 is 2.17 bits per heavy atom. The van der Waals surface area contributed by atoms with Crippen LogP contribution in [0.25, 0.3) is 0 Å². The number of carbonyl (C=O) groups excluding carboxylic acids is 1. The van der Waals surface area contributed by atoms with E-state index >= 15 is 0 Å². The van der Waals surface area contributed by atoms with Gasteiger partial charge in [-0.05, 0) is 12.8 Å². The van der Waals surface area contributed by atoms with E-state index in [1.807, 2.05) is 0 Å². The van der Waals surface area contributed by atoms with E-state index < -0.39 is 18.0 Å². The summed E-state index contributed by atoms with van der Waals surface area (Å²) in [5, 5.41) is 17.6. The van der Waals surface area contributed by atoms with Crippen LogP contribution in [0.15, 0.2) is 0 Å². The number of carboxylic acids is 1. The summed E-state index contributed by atoms with van der Waals surface area (Å²) in [7, 11) is 0. The zero-order chi connectivity index (χ0) is 9.14. The van der Waals surface area contributed by atoms with Crippen LogP contribution in [-0.2, 0) is 9.59 Å². The normalized spacial score (nSPS) is 26.8. The van der Waals surface area contributed by atoms with Crippen LogP contribution in [0.3, 0.4) is 0 Å². The van der Waals surface area contributed by atoms with Gasteiger partial charge in [0.05, 0.1) is 5.92 Å². The Bertz CT molecular complexity index is 199. The molecule has 0 heterocycles. The smallest absolute Gasteiger partial charge is 0.333 e. The van der Waals surface area contributed by atoms with Crippen molar-refractivity contribution in [1.82, 2.24) is 0 Å². The minimum atomic E-state index is -1.50. The second-order valence-electron chi connectivity index (χ2n) is 3.10. The van der Waals surface area contributed by atoms with Crippen LogP contribution in [0.1, 0.15) is 25.7 Å². The summed E-state index contributed by atoms with van der Waals surface area (Å²) in [4.78, 5) is 21.5. The largest absolute Gasteiger partial charge is 0.479 e. The molecule has 12 heavy (non-hydrogen) atoms. The number of aliphatic carboxylic acids is 1. The lowest BCUT2D eigenvalue weighted by molar-refractivity contribution is -0.153. The number of aliphatic hydroxyl groups excluding tert-OH is 1. The van der Waals surface area contributed by atoms with Crippen LogP contribution < -0.4 is 0 Å². The summed E-state index contributed by atoms with van der Waals surface area (Å²) in [6.45, 7) is 0. The molecule has 0 aromatic carbocycles. The number of carbonyl (C=O) groups is 2. The predicted octanol–water partition coefficient (Wildman–Crippen LogP) is 0.191. The number of hydrogen-bond acceptors (Lipinski definition) is 3. The fourth-order valence-electron chi connectivity index (χ4n) is 1.52. The third-order valence-corrected chi connectivity index (χ3v) is 2.24. The third-order valence-electron chi connectivity index (χ3n) is 2.24. The van der Waals surface area contributed by atoms with E-state index in [1.54, 1.807) is 0 Å². The second-order valence-corrected chi connectivity index (χ2v) is 3.10. The molecule has 0 amide bonds. The first kappa shape index (κ1) is 9.19. The Morgan fingerprint density at radius 3 is 2.67 bits per heavy atom. The summed E-state index contributed by atoms with van der Waals surface area (Å²) in [6, 6.07) is 0. The summed E-state index contributed by atoms with van der Waals surface area (Å²) < 4.78 is 0. The number of rotatable bonds is 2. The van der Waals surface area contributed by atoms with E-state index in [2.05, 4.69) is 0 Å². The minimum Gasteiger partial charge on any atom is -0.479 e. The van der Waals surface area contributed by atoms with Crippen LogP contribution in [0.5, 0.6) is 0 Å². The molecule has 0 spiro atoms. The summed E-state index contributed by atoms with van der Waals surface area (Å²) in [5.74, 6) is -2.08. The van der Waals surface area contributed by atoms with E-state index in [4.69, 9.17) is 10.2 Å². The van der Waals surface area contributed by atoms with Gasteiger partial charge in [-0.3, -0.25) is 4.79 Å². The molecule has 68 valence electrons. The van der Waals surface area contributed by atoms with E-state index in [-0.39, 0.29) is 5.78 Å². The molecule has 1 aliphatic rings. The monoisotopic (exact) mass is 172 g/mol. The van der Waals surface area contributed by atoms with Crippen molar-refractivity contribution in [3.63, 3.8) is 0 Å². The maximum atomic E-state index is 11.1. The topological polar surface area (TPSA) is 74.6 Å². The Hall–Kier alpha value is -0.900. The zero-order valence-electron chi connectivity index (χ0n) is 6.69. The molecule has 0 saturated heterocycles. The number of Topliss-reactive ketones (excluding diaryl/α,β-unsaturated/α-hetero) is 1. The molecule has 0 bridgehead atoms. The quantitative estimate of drug-likeness (QED) is 0.623. The van der Waals surface area contributed by atoms with Crippen LogP contribution >= 0.6 is 0 Å². The van der Waals surface area contributed by atoms with Crippen molar-refractivity contribution >= 4 is 11.8 Å². The van der Waals surface area contributed by atoms with Gasteiger partial charge in [0.25, 0.3) is 0 Å². The molecule has 0 aromatic rings. The predicted molar refractivity (Wildman–Crippen MR) is 40.6 cm³/mol. The molecule has 1 aliphatic carbocycles. The Balaban J connectivity index is 2.59. The first-order valence-corrected chi connectivity index (χ1v) is 4.06. The van der Waals surface area contributed by atoms with E-state index in [1.165, 1.54) is 0 Å². The Labute approximate surface area is 70.2 Å². The van der Waals surface area contributed by atoms with E-state index in [9.17, 15) is 9.59 Å². The highest BCUT2D eigenvalue weighted by molar-refractivity contribution is 5.87. The fraction of sp³-hybridized carbons (Fsp3) is 0.750. The molecular formula is C8H12O4. The molecule has 1 rings (SSSR count). The Kier molecular flexibility index (Phi) is 2.81. The molecule has 4 nitrogen and oxygen atoms in total. The van der Waals surface area contributed by atoms with Crippen molar-refractivity contribution in [2.45, 2.75) is 31.8 Å². The minimum absolute atomic E-state index is 0.115. The molecule has 0 aromatic heterocycles. The molecule has 2 atom stereocenters. The highest BCUT2D eigenvalue weighted by atomic mass is 16.4. The van der Waals surface area contributed by atoms with Gasteiger partial charge >= 0.3 is 5.97 Å². The van der Waals surface area contributed by atoms with Gasteiger partial charge < -0.3 is 10.2 Å². The number of ketones is 1. The van der Waals surface area contributed by atoms with Gasteiger partial charge in [0, 0.05) is 6.42 Å². The SMILES string of the molecule is O=C(O)[C@@H](O)[C@@H]1CCCCC1=O. The van der Waals surface area contributed by atoms with Crippen molar-refractivity contribution in [3.05, 3.63) is 0 Å². The molecule has 4 heteroatoms. The maximum absolute atomic E-state index is 11.1. The highest BCUT2D eigenvalue weighted by Crippen LogP contribution is 2.23. The molecular weight excluding hydrogens is 160 g/mol. The molecule has 1 saturated carbocycles. The molecule has 0 aliphatic heterocycles. The van der Waals surface area contributed by atoms with Gasteiger partial charge in [-0.15, -0.1) is 0 Å². The van der Waals surface area contributed by atoms with E-state index in [0.717, 1.165) is 12.8 Å². The van der Waals surface area contributed by atoms with Crippen LogP contribution in [0, 0.1) is 5.92 Å². The zero-order valence-corrected chi connectivity index (χ0v) is 6.69. The van der Waals surface area contributed by atoms with Gasteiger partial charge in [-0.2, -0.15) is 0 Å². The third kappa shape index (κ3) is 1.82. The lowest BCUT2D eigenvalue weighted by Gasteiger charge is -2.22. The van der Waals surface area contributed by atoms with Gasteiger partial charge in [-0.25, -0.2) is 4.79 Å². The highest BCUT2D eigenvalue weighted by Gasteiger charge is 2.33. The standard InChI is InChI=1S/C8H12O4/c9-6-4-2-1-3-5(6)7(10)8(11)12/h5,7,10H,1-4H2,(H,11,12)/t5-,7+/m1/s1. The molecule has 0 radical (unpaired) electrons. The molecule has 2 N–H and O–H groups in total. The van der Waals surface area contributed by atoms with Gasteiger partial charge in [0.15, 0.2) is 6.10 Å². The van der Waals surface area contributed by atoms with Gasteiger partial charge in [0.2, 0.25) is 0 Å². The molecule has 1 fully saturated rings. The Morgan fingerprint density at radius 1 is 1.50 bits per heavy atom. The number of aliphatic hydroxyl groups is 1. The number of hydrogen-bond donors (Lipinski definition) is 2. The average Bonchev–Trinajstić information content (AvgIpc) is 2.04. The van der Waals surface area contributed by atoms with Crippen molar-refractivity contribution in [2.75, 3.05) is 0 Å². The van der Waals surface area contributed by atoms with Crippen LogP contribution in [0.2, 0.25) is 0 Å². The van der Waals surface area contributed by atoms with Crippen LogP contribution in [0.4, 0.5) is 0 Å². The first-order chi connectivity index (χ1) is 5.63. The van der Waals surface area contributed by atoms with Crippen molar-refractivity contribution in [1.29, 1.82) is 0 Å². The molecule has 0 unspecified atom stereocenters. The van der Waals surface area contributed by atoms with Crippen LogP contribution in [-0.4, -0.2) is 28.1 Å². The van der Waals surface area contributed by atoms with Crippen molar-refractivity contribution < 1.29 is 19.8 Å². The lowest BCUT2D eigenvalue weighted by atomic mass is 9.84. The first-order valence-electron chi connectivity index (χ1n) is 4.06. The summed E-state index contributed by atoms with van der Waals surface area (Å²) in [5.41, 5.74) is 0. The second kappa shape index (κ2) is 3.67. The number of carboxylic acid groups (broad SMARTS) is 1. The lowest BCUT2D eigenvalue weighted by Crippen LogP contribution is -2.36. The fourth-order valence-corrected chi connectivity index (χ4v) is 1.52. The van der Waals surface area contributed by atoms with E-state index in [0.29, 0.717) is 12.8 Å². The summed E-state index contributed by atoms with van der Waals surface area (Å²) >= 11 is 0. The summed E-state index contributed by atoms with van der Waals surface area (Å²) in [6.07, 6.45) is 1.07. The average molecular weight is 172 g/mol. The maximum Gasteiger partial charge on any atom is 0.333 e. The van der Waals surface area contributed by atoms with Crippen molar-refractivity contribution in [3.8, 4) is 0 Å². The van der Waals surface area contributed by atoms with Gasteiger partial charge in [-0.1, -0.05) is 6.42 Å². The van der Waals surface area contributed by atoms with Gasteiger partial charge in [0.1, 0.15) is 5.78 Å². The van der Waals surface area contributed by atoms with Crippen molar-refractivity contribution in [2.24, 2.45) is 5.92 Å².